The van der Waals surface area contributed by atoms with E-state index in [0.29, 0.717) is 24.7 Å². The van der Waals surface area contributed by atoms with E-state index in [1.807, 2.05) is 36.4 Å². The van der Waals surface area contributed by atoms with E-state index in [2.05, 4.69) is 34.9 Å². The molecule has 0 unspecified atom stereocenters. The smallest absolute Gasteiger partial charge is 0.220 e. The van der Waals surface area contributed by atoms with Crippen LogP contribution >= 0.6 is 0 Å². The number of carbonyl (C=O) groups is 2. The molecule has 0 heterocycles. The van der Waals surface area contributed by atoms with E-state index in [0.717, 1.165) is 45.2 Å². The topological polar surface area (TPSA) is 58.2 Å². The highest BCUT2D eigenvalue weighted by Crippen LogP contribution is 2.28. The van der Waals surface area contributed by atoms with E-state index in [4.69, 9.17) is 0 Å². The zero-order valence-electron chi connectivity index (χ0n) is 17.8. The van der Waals surface area contributed by atoms with Crippen LogP contribution in [0.3, 0.4) is 0 Å². The molecule has 2 N–H and O–H groups in total. The van der Waals surface area contributed by atoms with Crippen molar-refractivity contribution in [2.45, 2.75) is 51.4 Å². The average Bonchev–Trinajstić information content (AvgIpc) is 2.80. The molecule has 0 spiro atoms. The van der Waals surface area contributed by atoms with Crippen LogP contribution in [-0.2, 0) is 22.4 Å². The second-order valence-electron chi connectivity index (χ2n) is 8.48. The normalized spacial score (nSPS) is 18.5. The highest BCUT2D eigenvalue weighted by molar-refractivity contribution is 5.76. The number of nitrogens with one attached hydrogen (secondary N) is 2. The standard InChI is InChI=1S/C26H34N2O2/c29-25(16-14-21-8-3-1-4-9-21)27-19-23-12-7-13-24(18-23)20-28-26(30)17-15-22-10-5-2-6-11-22/h1-6,8-11,23-24H,7,12-20H2,(H,27,29)(H,28,30)/t23-,24-/m1/s1. The van der Waals surface area contributed by atoms with Crippen LogP contribution in [-0.4, -0.2) is 24.9 Å². The second-order valence-corrected chi connectivity index (χ2v) is 8.48. The van der Waals surface area contributed by atoms with E-state index in [-0.39, 0.29) is 11.8 Å². The molecule has 4 nitrogen and oxygen atoms in total. The summed E-state index contributed by atoms with van der Waals surface area (Å²) in [5, 5.41) is 6.24. The van der Waals surface area contributed by atoms with Crippen LogP contribution in [0.25, 0.3) is 0 Å². The fourth-order valence-corrected chi connectivity index (χ4v) is 4.27. The summed E-state index contributed by atoms with van der Waals surface area (Å²) in [5.74, 6) is 1.31. The molecule has 1 aliphatic rings. The molecule has 0 radical (unpaired) electrons. The van der Waals surface area contributed by atoms with Gasteiger partial charge in [-0.3, -0.25) is 9.59 Å². The van der Waals surface area contributed by atoms with Crippen LogP contribution in [0.1, 0.15) is 49.7 Å². The largest absolute Gasteiger partial charge is 0.356 e. The van der Waals surface area contributed by atoms with Gasteiger partial charge in [0.1, 0.15) is 0 Å². The van der Waals surface area contributed by atoms with Crippen LogP contribution in [0.2, 0.25) is 0 Å². The summed E-state index contributed by atoms with van der Waals surface area (Å²) < 4.78 is 0. The third-order valence-electron chi connectivity index (χ3n) is 6.03. The first-order valence-electron chi connectivity index (χ1n) is 11.3. The lowest BCUT2D eigenvalue weighted by Crippen LogP contribution is -2.35. The maximum absolute atomic E-state index is 12.2. The second kappa shape index (κ2) is 12.2. The minimum Gasteiger partial charge on any atom is -0.356 e. The zero-order chi connectivity index (χ0) is 21.0. The Hall–Kier alpha value is -2.62. The SMILES string of the molecule is O=C(CCc1ccccc1)NC[C@@H]1CCC[C@@H](CNC(=O)CCc2ccccc2)C1. The first-order valence-corrected chi connectivity index (χ1v) is 11.3. The number of rotatable bonds is 10. The Bertz CT molecular complexity index is 711. The van der Waals surface area contributed by atoms with Gasteiger partial charge in [-0.05, 0) is 55.1 Å². The van der Waals surface area contributed by atoms with Gasteiger partial charge < -0.3 is 10.6 Å². The number of carbonyl (C=O) groups excluding carboxylic acids is 2. The Morgan fingerprint density at radius 1 is 0.700 bits per heavy atom. The van der Waals surface area contributed by atoms with E-state index in [1.54, 1.807) is 0 Å². The maximum Gasteiger partial charge on any atom is 0.220 e. The van der Waals surface area contributed by atoms with Gasteiger partial charge in [0.2, 0.25) is 11.8 Å². The summed E-state index contributed by atoms with van der Waals surface area (Å²) in [6.07, 6.45) is 7.24. The minimum absolute atomic E-state index is 0.134. The molecule has 0 aromatic heterocycles. The van der Waals surface area contributed by atoms with Crippen molar-refractivity contribution in [2.24, 2.45) is 11.8 Å². The maximum atomic E-state index is 12.2. The van der Waals surface area contributed by atoms with Crippen molar-refractivity contribution in [3.63, 3.8) is 0 Å². The molecular weight excluding hydrogens is 372 g/mol. The van der Waals surface area contributed by atoms with Crippen molar-refractivity contribution in [1.82, 2.24) is 10.6 Å². The molecule has 1 fully saturated rings. The van der Waals surface area contributed by atoms with E-state index in [1.165, 1.54) is 17.5 Å². The number of hydrogen-bond acceptors (Lipinski definition) is 2. The molecule has 2 atom stereocenters. The van der Waals surface area contributed by atoms with Gasteiger partial charge in [-0.1, -0.05) is 67.1 Å². The van der Waals surface area contributed by atoms with Gasteiger partial charge >= 0.3 is 0 Å². The molecule has 3 rings (SSSR count). The Morgan fingerprint density at radius 3 is 1.57 bits per heavy atom. The van der Waals surface area contributed by atoms with Crippen LogP contribution in [0.5, 0.6) is 0 Å². The quantitative estimate of drug-likeness (QED) is 0.618. The molecule has 2 aromatic carbocycles. The number of benzene rings is 2. The van der Waals surface area contributed by atoms with Crippen molar-refractivity contribution in [3.8, 4) is 0 Å². The third kappa shape index (κ3) is 8.02. The molecule has 0 aliphatic heterocycles. The summed E-state index contributed by atoms with van der Waals surface area (Å²) in [4.78, 5) is 24.4. The zero-order valence-corrected chi connectivity index (χ0v) is 17.8. The Kier molecular flexibility index (Phi) is 8.95. The molecule has 2 amide bonds. The lowest BCUT2D eigenvalue weighted by Gasteiger charge is -2.29. The van der Waals surface area contributed by atoms with Gasteiger partial charge in [0.25, 0.3) is 0 Å². The highest BCUT2D eigenvalue weighted by atomic mass is 16.2. The van der Waals surface area contributed by atoms with Crippen LogP contribution in [0, 0.1) is 11.8 Å². The molecule has 1 aliphatic carbocycles. The molecule has 2 aromatic rings. The summed E-state index contributed by atoms with van der Waals surface area (Å²) >= 11 is 0. The van der Waals surface area contributed by atoms with Crippen LogP contribution < -0.4 is 10.6 Å². The molecule has 4 heteroatoms. The first-order chi connectivity index (χ1) is 14.7. The molecule has 0 bridgehead atoms. The number of amides is 2. The Morgan fingerprint density at radius 2 is 1.13 bits per heavy atom. The van der Waals surface area contributed by atoms with Crippen molar-refractivity contribution in [1.29, 1.82) is 0 Å². The summed E-state index contributed by atoms with van der Waals surface area (Å²) in [6, 6.07) is 20.3. The summed E-state index contributed by atoms with van der Waals surface area (Å²) in [7, 11) is 0. The van der Waals surface area contributed by atoms with Crippen LogP contribution in [0.15, 0.2) is 60.7 Å². The number of hydrogen-bond donors (Lipinski definition) is 2. The van der Waals surface area contributed by atoms with E-state index >= 15 is 0 Å². The van der Waals surface area contributed by atoms with Crippen molar-refractivity contribution in [3.05, 3.63) is 71.8 Å². The van der Waals surface area contributed by atoms with E-state index < -0.39 is 0 Å². The van der Waals surface area contributed by atoms with Crippen molar-refractivity contribution < 1.29 is 9.59 Å². The monoisotopic (exact) mass is 406 g/mol. The van der Waals surface area contributed by atoms with Gasteiger partial charge in [0.05, 0.1) is 0 Å². The van der Waals surface area contributed by atoms with Crippen molar-refractivity contribution in [2.75, 3.05) is 13.1 Å². The fourth-order valence-electron chi connectivity index (χ4n) is 4.27. The minimum atomic E-state index is 0.134. The molecule has 0 saturated heterocycles. The predicted octanol–water partition coefficient (Wildman–Crippen LogP) is 4.29. The third-order valence-corrected chi connectivity index (χ3v) is 6.03. The van der Waals surface area contributed by atoms with Crippen LogP contribution in [0.4, 0.5) is 0 Å². The summed E-state index contributed by atoms with van der Waals surface area (Å²) in [6.45, 7) is 1.51. The van der Waals surface area contributed by atoms with Gasteiger partial charge in [-0.2, -0.15) is 0 Å². The molecule has 30 heavy (non-hydrogen) atoms. The molecule has 1 saturated carbocycles. The Balaban J connectivity index is 1.29. The predicted molar refractivity (Wildman–Crippen MR) is 121 cm³/mol. The van der Waals surface area contributed by atoms with Gasteiger partial charge in [0, 0.05) is 25.9 Å². The lowest BCUT2D eigenvalue weighted by molar-refractivity contribution is -0.121. The van der Waals surface area contributed by atoms with Gasteiger partial charge in [-0.25, -0.2) is 0 Å². The van der Waals surface area contributed by atoms with Gasteiger partial charge in [0.15, 0.2) is 0 Å². The highest BCUT2D eigenvalue weighted by Gasteiger charge is 2.22. The fraction of sp³-hybridized carbons (Fsp3) is 0.462. The molecule has 160 valence electrons. The molecular formula is C26H34N2O2. The van der Waals surface area contributed by atoms with E-state index in [9.17, 15) is 9.59 Å². The average molecular weight is 407 g/mol. The van der Waals surface area contributed by atoms with Gasteiger partial charge in [-0.15, -0.1) is 0 Å². The Labute approximate surface area is 180 Å². The number of aryl methyl sites for hydroxylation is 2. The summed E-state index contributed by atoms with van der Waals surface area (Å²) in [5.41, 5.74) is 2.40. The van der Waals surface area contributed by atoms with Crippen molar-refractivity contribution >= 4 is 11.8 Å². The lowest BCUT2D eigenvalue weighted by atomic mass is 9.81. The first kappa shape index (κ1) is 22.1.